The number of hydrogen-bond donors (Lipinski definition) is 3. The van der Waals surface area contributed by atoms with E-state index in [1.54, 1.807) is 24.3 Å². The van der Waals surface area contributed by atoms with Crippen LogP contribution in [0, 0.1) is 0 Å². The Bertz CT molecular complexity index is 522. The predicted molar refractivity (Wildman–Crippen MR) is 67.1 cm³/mol. The normalized spacial score (nSPS) is 25.4. The van der Waals surface area contributed by atoms with E-state index in [9.17, 15) is 18.6 Å². The van der Waals surface area contributed by atoms with Crippen molar-refractivity contribution in [3.8, 4) is 0 Å². The highest BCUT2D eigenvalue weighted by atomic mass is 32.2. The molecule has 2 unspecified atom stereocenters. The molecule has 1 fully saturated rings. The number of benzene rings is 1. The average Bonchev–Trinajstić information content (AvgIpc) is 2.63. The zero-order valence-electron chi connectivity index (χ0n) is 9.73. The molecule has 1 aliphatic heterocycles. The molecule has 1 saturated heterocycles. The van der Waals surface area contributed by atoms with Crippen LogP contribution in [-0.4, -0.2) is 48.2 Å². The second kappa shape index (κ2) is 4.85. The van der Waals surface area contributed by atoms with Gasteiger partial charge in [0, 0.05) is 18.8 Å². The second-order valence-electron chi connectivity index (χ2n) is 4.41. The molecule has 1 aliphatic rings. The van der Waals surface area contributed by atoms with Gasteiger partial charge in [0.2, 0.25) is 10.0 Å². The van der Waals surface area contributed by atoms with Gasteiger partial charge in [-0.25, -0.2) is 8.42 Å². The molecule has 18 heavy (non-hydrogen) atoms. The number of aliphatic hydroxyl groups excluding tert-OH is 2. The van der Waals surface area contributed by atoms with Crippen LogP contribution in [0.1, 0.15) is 5.56 Å². The van der Waals surface area contributed by atoms with Crippen LogP contribution in [0.25, 0.3) is 0 Å². The van der Waals surface area contributed by atoms with E-state index in [1.165, 1.54) is 0 Å². The van der Waals surface area contributed by atoms with Gasteiger partial charge in [-0.15, -0.1) is 0 Å². The minimum absolute atomic E-state index is 0.0732. The van der Waals surface area contributed by atoms with E-state index in [2.05, 4.69) is 0 Å². The van der Waals surface area contributed by atoms with Crippen molar-refractivity contribution in [2.24, 2.45) is 0 Å². The van der Waals surface area contributed by atoms with Crippen molar-refractivity contribution < 1.29 is 18.6 Å². The first-order valence-electron chi connectivity index (χ1n) is 5.57. The number of sulfonamides is 1. The number of anilines is 1. The van der Waals surface area contributed by atoms with Gasteiger partial charge in [0.25, 0.3) is 0 Å². The van der Waals surface area contributed by atoms with E-state index in [0.29, 0.717) is 11.3 Å². The van der Waals surface area contributed by atoms with Crippen LogP contribution in [0.2, 0.25) is 0 Å². The molecule has 6 nitrogen and oxygen atoms in total. The third kappa shape index (κ3) is 2.64. The van der Waals surface area contributed by atoms with Crippen molar-refractivity contribution in [1.29, 1.82) is 0 Å². The predicted octanol–water partition coefficient (Wildman–Crippen LogP) is -0.864. The van der Waals surface area contributed by atoms with Crippen LogP contribution in [0.3, 0.4) is 0 Å². The summed E-state index contributed by atoms with van der Waals surface area (Å²) in [5, 5.41) is 18.7. The highest BCUT2D eigenvalue weighted by molar-refractivity contribution is 7.88. The van der Waals surface area contributed by atoms with Gasteiger partial charge in [0.05, 0.1) is 18.0 Å². The van der Waals surface area contributed by atoms with Gasteiger partial charge in [-0.1, -0.05) is 18.2 Å². The van der Waals surface area contributed by atoms with Gasteiger partial charge in [-0.3, -0.25) is 0 Å². The first-order valence-corrected chi connectivity index (χ1v) is 7.18. The summed E-state index contributed by atoms with van der Waals surface area (Å²) in [4.78, 5) is 0. The largest absolute Gasteiger partial charge is 0.398 e. The Morgan fingerprint density at radius 1 is 1.22 bits per heavy atom. The number of aliphatic hydroxyl groups is 2. The molecule has 7 heteroatoms. The molecule has 0 bridgehead atoms. The summed E-state index contributed by atoms with van der Waals surface area (Å²) in [5.74, 6) is -0.223. The van der Waals surface area contributed by atoms with Crippen molar-refractivity contribution in [1.82, 2.24) is 4.31 Å². The standard InChI is InChI=1S/C11H16N2O4S/c12-9-4-2-1-3-8(9)7-18(16,17)13-5-10(14)11(15)6-13/h1-4,10-11,14-15H,5-7,12H2. The molecule has 1 aromatic rings. The molecule has 2 rings (SSSR count). The Morgan fingerprint density at radius 2 is 1.78 bits per heavy atom. The molecule has 0 saturated carbocycles. The summed E-state index contributed by atoms with van der Waals surface area (Å²) in [6, 6.07) is 6.73. The summed E-state index contributed by atoms with van der Waals surface area (Å²) in [7, 11) is -3.57. The van der Waals surface area contributed by atoms with Crippen LogP contribution in [0.4, 0.5) is 5.69 Å². The zero-order chi connectivity index (χ0) is 13.3. The highest BCUT2D eigenvalue weighted by Gasteiger charge is 2.36. The lowest BCUT2D eigenvalue weighted by Crippen LogP contribution is -2.31. The topological polar surface area (TPSA) is 104 Å². The average molecular weight is 272 g/mol. The fourth-order valence-corrected chi connectivity index (χ4v) is 3.51. The maximum absolute atomic E-state index is 12.1. The van der Waals surface area contributed by atoms with Crippen LogP contribution in [-0.2, 0) is 15.8 Å². The molecule has 2 atom stereocenters. The summed E-state index contributed by atoms with van der Waals surface area (Å²) < 4.78 is 25.3. The molecule has 0 spiro atoms. The summed E-state index contributed by atoms with van der Waals surface area (Å²) in [5.41, 5.74) is 6.64. The number of para-hydroxylation sites is 1. The summed E-state index contributed by atoms with van der Waals surface area (Å²) in [6.07, 6.45) is -2.04. The van der Waals surface area contributed by atoms with Gasteiger partial charge in [0.1, 0.15) is 0 Å². The SMILES string of the molecule is Nc1ccccc1CS(=O)(=O)N1CC(O)C(O)C1. The van der Waals surface area contributed by atoms with Crippen molar-refractivity contribution >= 4 is 15.7 Å². The van der Waals surface area contributed by atoms with E-state index >= 15 is 0 Å². The molecular weight excluding hydrogens is 256 g/mol. The lowest BCUT2D eigenvalue weighted by molar-refractivity contribution is 0.0572. The Morgan fingerprint density at radius 3 is 2.33 bits per heavy atom. The summed E-state index contributed by atoms with van der Waals surface area (Å²) >= 11 is 0. The molecule has 0 aliphatic carbocycles. The number of nitrogens with two attached hydrogens (primary N) is 1. The maximum atomic E-state index is 12.1. The Hall–Kier alpha value is -1.15. The Balaban J connectivity index is 2.16. The quantitative estimate of drug-likeness (QED) is 0.621. The van der Waals surface area contributed by atoms with Gasteiger partial charge in [-0.2, -0.15) is 4.31 Å². The first kappa shape index (κ1) is 13.3. The van der Waals surface area contributed by atoms with Crippen LogP contribution < -0.4 is 5.73 Å². The number of nitrogens with zero attached hydrogens (tertiary/aromatic N) is 1. The fourth-order valence-electron chi connectivity index (χ4n) is 1.92. The van der Waals surface area contributed by atoms with Gasteiger partial charge in [0.15, 0.2) is 0 Å². The van der Waals surface area contributed by atoms with Crippen LogP contribution in [0.5, 0.6) is 0 Å². The third-order valence-corrected chi connectivity index (χ3v) is 4.77. The molecule has 100 valence electrons. The number of hydrogen-bond acceptors (Lipinski definition) is 5. The van der Waals surface area contributed by atoms with Crippen molar-refractivity contribution in [2.45, 2.75) is 18.0 Å². The number of rotatable bonds is 3. The zero-order valence-corrected chi connectivity index (χ0v) is 10.5. The molecule has 0 amide bonds. The maximum Gasteiger partial charge on any atom is 0.218 e. The minimum atomic E-state index is -3.57. The molecule has 4 N–H and O–H groups in total. The Labute approximate surface area is 106 Å². The fraction of sp³-hybridized carbons (Fsp3) is 0.455. The lowest BCUT2D eigenvalue weighted by Gasteiger charge is -2.16. The molecule has 1 aromatic carbocycles. The molecular formula is C11H16N2O4S. The van der Waals surface area contributed by atoms with E-state index in [4.69, 9.17) is 5.73 Å². The third-order valence-electron chi connectivity index (χ3n) is 3.01. The molecule has 0 aromatic heterocycles. The van der Waals surface area contributed by atoms with Crippen molar-refractivity contribution in [3.63, 3.8) is 0 Å². The van der Waals surface area contributed by atoms with Crippen LogP contribution >= 0.6 is 0 Å². The van der Waals surface area contributed by atoms with Crippen molar-refractivity contribution in [2.75, 3.05) is 18.8 Å². The van der Waals surface area contributed by atoms with Crippen molar-refractivity contribution in [3.05, 3.63) is 29.8 Å². The summed E-state index contributed by atoms with van der Waals surface area (Å²) in [6.45, 7) is -0.146. The van der Waals surface area contributed by atoms with E-state index in [0.717, 1.165) is 4.31 Å². The second-order valence-corrected chi connectivity index (χ2v) is 6.38. The van der Waals surface area contributed by atoms with Gasteiger partial charge >= 0.3 is 0 Å². The molecule has 0 radical (unpaired) electrons. The molecule has 1 heterocycles. The van der Waals surface area contributed by atoms with Gasteiger partial charge in [-0.05, 0) is 11.6 Å². The van der Waals surface area contributed by atoms with E-state index < -0.39 is 22.2 Å². The van der Waals surface area contributed by atoms with Gasteiger partial charge < -0.3 is 15.9 Å². The first-order chi connectivity index (χ1) is 8.40. The van der Waals surface area contributed by atoms with Crippen LogP contribution in [0.15, 0.2) is 24.3 Å². The highest BCUT2D eigenvalue weighted by Crippen LogP contribution is 2.20. The number of nitrogen functional groups attached to an aromatic ring is 1. The van der Waals surface area contributed by atoms with E-state index in [-0.39, 0.29) is 18.8 Å². The van der Waals surface area contributed by atoms with E-state index in [1.807, 2.05) is 0 Å². The monoisotopic (exact) mass is 272 g/mol. The lowest BCUT2D eigenvalue weighted by atomic mass is 10.2. The minimum Gasteiger partial charge on any atom is -0.398 e. The number of β-amino-alcohol motifs (C(OH)–C–C–N with tert-alkyl or cyclic N) is 2. The Kier molecular flexibility index (Phi) is 3.58. The smallest absolute Gasteiger partial charge is 0.218 e.